The summed E-state index contributed by atoms with van der Waals surface area (Å²) in [6.45, 7) is 7.68. The fourth-order valence-electron chi connectivity index (χ4n) is 8.62. The lowest BCUT2D eigenvalue weighted by Crippen LogP contribution is -2.56. The molecule has 0 saturated heterocycles. The van der Waals surface area contributed by atoms with Crippen molar-refractivity contribution >= 4 is 5.78 Å². The minimum atomic E-state index is 0.0437. The van der Waals surface area contributed by atoms with Crippen LogP contribution in [0.3, 0.4) is 0 Å². The van der Waals surface area contributed by atoms with Crippen LogP contribution in [0.2, 0.25) is 0 Å². The van der Waals surface area contributed by atoms with E-state index in [4.69, 9.17) is 4.74 Å². The fraction of sp³-hybridized carbons (Fsp3) is 0.708. The highest BCUT2D eigenvalue weighted by Crippen LogP contribution is 2.78. The summed E-state index contributed by atoms with van der Waals surface area (Å²) in [6, 6.07) is 0. The predicted octanol–water partition coefficient (Wildman–Crippen LogP) is 4.87. The topological polar surface area (TPSA) is 26.3 Å². The molecule has 5 aliphatic carbocycles. The maximum atomic E-state index is 12.0. The molecule has 0 radical (unpaired) electrons. The third-order valence-corrected chi connectivity index (χ3v) is 9.44. The Kier molecular flexibility index (Phi) is 3.06. The van der Waals surface area contributed by atoms with Gasteiger partial charge in [-0.1, -0.05) is 31.2 Å². The maximum absolute atomic E-state index is 12.0. The van der Waals surface area contributed by atoms with Crippen molar-refractivity contribution < 1.29 is 9.53 Å². The molecule has 0 bridgehead atoms. The Balaban J connectivity index is 1.43. The van der Waals surface area contributed by atoms with Crippen LogP contribution in [-0.2, 0) is 9.53 Å². The number of carbonyl (C=O) groups excluding carboxylic acids is 1. The largest absolute Gasteiger partial charge is 0.366 e. The number of fused-ring (bicyclic) bond motifs is 9. The van der Waals surface area contributed by atoms with Crippen LogP contribution in [0.15, 0.2) is 36.0 Å². The average Bonchev–Trinajstić information content (AvgIpc) is 3.21. The molecule has 4 fully saturated rings. The second-order valence-electron chi connectivity index (χ2n) is 9.93. The van der Waals surface area contributed by atoms with Crippen LogP contribution in [-0.4, -0.2) is 18.0 Å². The van der Waals surface area contributed by atoms with Crippen molar-refractivity contribution in [1.29, 1.82) is 0 Å². The highest BCUT2D eigenvalue weighted by atomic mass is 16.5. The third kappa shape index (κ3) is 1.67. The van der Waals surface area contributed by atoms with E-state index in [1.165, 1.54) is 36.8 Å². The van der Waals surface area contributed by atoms with Gasteiger partial charge in [0.1, 0.15) is 0 Å². The number of rotatable bonds is 1. The van der Waals surface area contributed by atoms with Crippen LogP contribution in [0.4, 0.5) is 0 Å². The van der Waals surface area contributed by atoms with E-state index in [1.54, 1.807) is 0 Å². The Morgan fingerprint density at radius 1 is 1.27 bits per heavy atom. The van der Waals surface area contributed by atoms with E-state index in [1.807, 2.05) is 6.08 Å². The van der Waals surface area contributed by atoms with Gasteiger partial charge in [0, 0.05) is 11.8 Å². The molecule has 6 rings (SSSR count). The van der Waals surface area contributed by atoms with Crippen molar-refractivity contribution in [3.05, 3.63) is 36.0 Å². The Morgan fingerprint density at radius 2 is 2.15 bits per heavy atom. The van der Waals surface area contributed by atoms with E-state index in [0.717, 1.165) is 55.5 Å². The molecule has 0 amide bonds. The van der Waals surface area contributed by atoms with Crippen LogP contribution in [0.1, 0.15) is 51.9 Å². The zero-order chi connectivity index (χ0) is 17.7. The molecule has 4 saturated carbocycles. The van der Waals surface area contributed by atoms with Crippen LogP contribution in [0, 0.1) is 40.9 Å². The Hall–Kier alpha value is -1.15. The predicted molar refractivity (Wildman–Crippen MR) is 101 cm³/mol. The first-order valence-corrected chi connectivity index (χ1v) is 10.9. The molecule has 26 heavy (non-hydrogen) atoms. The first-order valence-electron chi connectivity index (χ1n) is 10.9. The Labute approximate surface area is 156 Å². The van der Waals surface area contributed by atoms with Crippen LogP contribution in [0.25, 0.3) is 0 Å². The van der Waals surface area contributed by atoms with E-state index >= 15 is 0 Å². The number of ketones is 1. The van der Waals surface area contributed by atoms with Gasteiger partial charge in [-0.25, -0.2) is 0 Å². The van der Waals surface area contributed by atoms with Gasteiger partial charge in [-0.3, -0.25) is 4.79 Å². The SMILES string of the molecule is C=C1CC2C(CC[C@@]3(CC)C2[C@H]2C[C@H]2[C@@]32C=CCO2)[C@H]2CCC(=O)C=C12. The lowest BCUT2D eigenvalue weighted by Gasteiger charge is -2.58. The summed E-state index contributed by atoms with van der Waals surface area (Å²) in [5.74, 6) is 4.89. The summed E-state index contributed by atoms with van der Waals surface area (Å²) >= 11 is 0. The van der Waals surface area contributed by atoms with Gasteiger partial charge in [-0.05, 0) is 85.7 Å². The molecular weight excluding hydrogens is 320 g/mol. The van der Waals surface area contributed by atoms with Crippen molar-refractivity contribution in [2.45, 2.75) is 57.5 Å². The standard InChI is InChI=1S/C24H30O2/c1-3-23-9-7-17-16-6-5-15(25)12-18(16)14(2)11-19(17)22(23)20-13-21(20)24(23)8-4-10-26-24/h4,8,12,16-17,19-22H,2-3,5-7,9-11,13H2,1H3/t16-,17?,19?,20+,21-,22?,23+,24+/m1/s1. The van der Waals surface area contributed by atoms with Gasteiger partial charge in [0.05, 0.1) is 12.2 Å². The van der Waals surface area contributed by atoms with Crippen molar-refractivity contribution in [3.8, 4) is 0 Å². The highest BCUT2D eigenvalue weighted by molar-refractivity contribution is 5.92. The number of ether oxygens (including phenoxy) is 1. The summed E-state index contributed by atoms with van der Waals surface area (Å²) in [7, 11) is 0. The van der Waals surface area contributed by atoms with Gasteiger partial charge in [0.15, 0.2) is 5.78 Å². The number of allylic oxidation sites excluding steroid dienone is 2. The minimum Gasteiger partial charge on any atom is -0.366 e. The summed E-state index contributed by atoms with van der Waals surface area (Å²) in [5.41, 5.74) is 2.99. The first kappa shape index (κ1) is 15.9. The van der Waals surface area contributed by atoms with Crippen LogP contribution < -0.4 is 0 Å². The first-order chi connectivity index (χ1) is 12.6. The molecule has 0 N–H and O–H groups in total. The summed E-state index contributed by atoms with van der Waals surface area (Å²) in [5, 5.41) is 0. The lowest BCUT2D eigenvalue weighted by atomic mass is 9.47. The summed E-state index contributed by atoms with van der Waals surface area (Å²) in [6.07, 6.45) is 14.9. The minimum absolute atomic E-state index is 0.0437. The second kappa shape index (κ2) is 5.01. The van der Waals surface area contributed by atoms with E-state index < -0.39 is 0 Å². The fourth-order valence-corrected chi connectivity index (χ4v) is 8.62. The molecule has 0 aromatic rings. The number of hydrogen-bond donors (Lipinski definition) is 0. The normalized spacial score (nSPS) is 53.8. The van der Waals surface area contributed by atoms with Gasteiger partial charge >= 0.3 is 0 Å². The quantitative estimate of drug-likeness (QED) is 0.631. The number of carbonyl (C=O) groups is 1. The Morgan fingerprint density at radius 3 is 2.92 bits per heavy atom. The molecule has 1 spiro atoms. The van der Waals surface area contributed by atoms with E-state index in [9.17, 15) is 4.79 Å². The third-order valence-electron chi connectivity index (χ3n) is 9.44. The van der Waals surface area contributed by atoms with E-state index in [0.29, 0.717) is 17.1 Å². The van der Waals surface area contributed by atoms with Gasteiger partial charge in [-0.15, -0.1) is 0 Å². The number of hydrogen-bond acceptors (Lipinski definition) is 2. The van der Waals surface area contributed by atoms with E-state index in [-0.39, 0.29) is 5.60 Å². The molecule has 6 aliphatic rings. The lowest BCUT2D eigenvalue weighted by molar-refractivity contribution is -0.140. The van der Waals surface area contributed by atoms with Crippen LogP contribution >= 0.6 is 0 Å². The monoisotopic (exact) mass is 350 g/mol. The molecule has 2 nitrogen and oxygen atoms in total. The molecular formula is C24H30O2. The van der Waals surface area contributed by atoms with Crippen molar-refractivity contribution in [2.24, 2.45) is 40.9 Å². The summed E-state index contributed by atoms with van der Waals surface area (Å²) in [4.78, 5) is 12.0. The molecule has 3 unspecified atom stereocenters. The molecule has 8 atom stereocenters. The molecule has 138 valence electrons. The van der Waals surface area contributed by atoms with Crippen molar-refractivity contribution in [2.75, 3.05) is 6.61 Å². The molecule has 0 aromatic carbocycles. The van der Waals surface area contributed by atoms with Crippen molar-refractivity contribution in [1.82, 2.24) is 0 Å². The van der Waals surface area contributed by atoms with Crippen molar-refractivity contribution in [3.63, 3.8) is 0 Å². The molecule has 1 aliphatic heterocycles. The Bertz CT molecular complexity index is 760. The van der Waals surface area contributed by atoms with Crippen LogP contribution in [0.5, 0.6) is 0 Å². The van der Waals surface area contributed by atoms with Gasteiger partial charge in [0.2, 0.25) is 0 Å². The second-order valence-corrected chi connectivity index (χ2v) is 9.93. The highest BCUT2D eigenvalue weighted by Gasteiger charge is 2.77. The summed E-state index contributed by atoms with van der Waals surface area (Å²) < 4.78 is 6.56. The van der Waals surface area contributed by atoms with E-state index in [2.05, 4.69) is 25.7 Å². The van der Waals surface area contributed by atoms with Gasteiger partial charge in [0.25, 0.3) is 0 Å². The van der Waals surface area contributed by atoms with Gasteiger partial charge < -0.3 is 4.74 Å². The smallest absolute Gasteiger partial charge is 0.156 e. The maximum Gasteiger partial charge on any atom is 0.156 e. The molecule has 1 heterocycles. The zero-order valence-electron chi connectivity index (χ0n) is 15.9. The molecule has 2 heteroatoms. The zero-order valence-corrected chi connectivity index (χ0v) is 15.9. The van der Waals surface area contributed by atoms with Gasteiger partial charge in [-0.2, -0.15) is 0 Å². The average molecular weight is 351 g/mol. The molecule has 0 aromatic heterocycles.